The number of nitrogens with zero attached hydrogens (tertiary/aromatic N) is 1. The molecule has 6 heteroatoms. The first kappa shape index (κ1) is 20.5. The van der Waals surface area contributed by atoms with Crippen LogP contribution in [0.25, 0.3) is 0 Å². The maximum absolute atomic E-state index is 11.6. The average Bonchev–Trinajstić information content (AvgIpc) is 2.70. The molecule has 0 spiro atoms. The van der Waals surface area contributed by atoms with Crippen molar-refractivity contribution in [1.29, 1.82) is 0 Å². The molecule has 0 heterocycles. The smallest absolute Gasteiger partial charge is 0.251 e. The number of hydrogen-bond acceptors (Lipinski definition) is 3. The van der Waals surface area contributed by atoms with Crippen LogP contribution in [0.15, 0.2) is 59.6 Å². The van der Waals surface area contributed by atoms with Gasteiger partial charge in [0, 0.05) is 19.2 Å². The number of rotatable bonds is 7. The third-order valence-electron chi connectivity index (χ3n) is 4.20. The van der Waals surface area contributed by atoms with Crippen LogP contribution in [0.4, 0.5) is 0 Å². The van der Waals surface area contributed by atoms with E-state index in [2.05, 4.69) is 20.9 Å². The SMILES string of the molecule is CCNC(=NCc1ccc(C(=O)NC)cc1)NCC(C)(O)c1ccccc1. The van der Waals surface area contributed by atoms with Crippen molar-refractivity contribution in [2.45, 2.75) is 26.0 Å². The van der Waals surface area contributed by atoms with Gasteiger partial charge in [-0.2, -0.15) is 0 Å². The van der Waals surface area contributed by atoms with Crippen LogP contribution in [0.3, 0.4) is 0 Å². The molecule has 0 fully saturated rings. The first-order valence-electron chi connectivity index (χ1n) is 9.07. The molecule has 0 aliphatic carbocycles. The van der Waals surface area contributed by atoms with E-state index in [1.54, 1.807) is 26.1 Å². The number of nitrogens with one attached hydrogen (secondary N) is 3. The largest absolute Gasteiger partial charge is 0.384 e. The molecule has 2 aromatic carbocycles. The van der Waals surface area contributed by atoms with Gasteiger partial charge in [-0.1, -0.05) is 42.5 Å². The van der Waals surface area contributed by atoms with E-state index in [1.165, 1.54) is 0 Å². The van der Waals surface area contributed by atoms with E-state index in [9.17, 15) is 9.90 Å². The zero-order valence-electron chi connectivity index (χ0n) is 16.1. The fraction of sp³-hybridized carbons (Fsp3) is 0.333. The van der Waals surface area contributed by atoms with E-state index < -0.39 is 5.60 Å². The lowest BCUT2D eigenvalue weighted by molar-refractivity contribution is 0.0617. The summed E-state index contributed by atoms with van der Waals surface area (Å²) in [5, 5.41) is 19.7. The first-order chi connectivity index (χ1) is 13.0. The van der Waals surface area contributed by atoms with Crippen molar-refractivity contribution in [3.63, 3.8) is 0 Å². The highest BCUT2D eigenvalue weighted by Gasteiger charge is 2.22. The molecule has 4 N–H and O–H groups in total. The standard InChI is InChI=1S/C21H28N4O2/c1-4-23-20(25-15-21(2,27)18-8-6-5-7-9-18)24-14-16-10-12-17(13-11-16)19(26)22-3/h5-13,27H,4,14-15H2,1-3H3,(H,22,26)(H2,23,24,25). The number of benzene rings is 2. The molecule has 0 radical (unpaired) electrons. The molecular formula is C21H28N4O2. The van der Waals surface area contributed by atoms with Gasteiger partial charge in [0.15, 0.2) is 5.96 Å². The highest BCUT2D eigenvalue weighted by Crippen LogP contribution is 2.18. The summed E-state index contributed by atoms with van der Waals surface area (Å²) in [4.78, 5) is 16.1. The number of carbonyl (C=O) groups excluding carboxylic acids is 1. The van der Waals surface area contributed by atoms with Gasteiger partial charge in [0.2, 0.25) is 0 Å². The van der Waals surface area contributed by atoms with Crippen LogP contribution in [0.1, 0.15) is 35.3 Å². The van der Waals surface area contributed by atoms with Gasteiger partial charge in [-0.15, -0.1) is 0 Å². The lowest BCUT2D eigenvalue weighted by atomic mass is 9.96. The number of hydrogen-bond donors (Lipinski definition) is 4. The number of guanidine groups is 1. The summed E-state index contributed by atoms with van der Waals surface area (Å²) in [6.07, 6.45) is 0. The quantitative estimate of drug-likeness (QED) is 0.445. The van der Waals surface area contributed by atoms with Crippen molar-refractivity contribution in [2.24, 2.45) is 4.99 Å². The van der Waals surface area contributed by atoms with E-state index >= 15 is 0 Å². The van der Waals surface area contributed by atoms with Gasteiger partial charge in [0.25, 0.3) is 5.91 Å². The molecule has 2 aromatic rings. The molecule has 0 aliphatic rings. The van der Waals surface area contributed by atoms with Crippen molar-refractivity contribution in [3.05, 3.63) is 71.3 Å². The second-order valence-electron chi connectivity index (χ2n) is 6.46. The van der Waals surface area contributed by atoms with Crippen LogP contribution in [0.5, 0.6) is 0 Å². The number of aliphatic hydroxyl groups is 1. The molecule has 27 heavy (non-hydrogen) atoms. The highest BCUT2D eigenvalue weighted by atomic mass is 16.3. The van der Waals surface area contributed by atoms with Crippen molar-refractivity contribution < 1.29 is 9.90 Å². The number of aliphatic imine (C=N–C) groups is 1. The fourth-order valence-corrected chi connectivity index (χ4v) is 2.57. The van der Waals surface area contributed by atoms with Crippen LogP contribution in [-0.4, -0.2) is 37.1 Å². The lowest BCUT2D eigenvalue weighted by Crippen LogP contribution is -2.44. The van der Waals surface area contributed by atoms with Crippen molar-refractivity contribution in [2.75, 3.05) is 20.1 Å². The lowest BCUT2D eigenvalue weighted by Gasteiger charge is -2.25. The minimum absolute atomic E-state index is 0.108. The third kappa shape index (κ3) is 6.11. The summed E-state index contributed by atoms with van der Waals surface area (Å²) < 4.78 is 0. The number of carbonyl (C=O) groups is 1. The zero-order chi connectivity index (χ0) is 19.7. The Labute approximate surface area is 160 Å². The van der Waals surface area contributed by atoms with Gasteiger partial charge in [0.05, 0.1) is 13.1 Å². The minimum Gasteiger partial charge on any atom is -0.384 e. The second kappa shape index (κ2) is 9.73. The second-order valence-corrected chi connectivity index (χ2v) is 6.46. The third-order valence-corrected chi connectivity index (χ3v) is 4.20. The van der Waals surface area contributed by atoms with E-state index in [4.69, 9.17) is 0 Å². The molecule has 1 amide bonds. The molecule has 2 rings (SSSR count). The predicted molar refractivity (Wildman–Crippen MR) is 109 cm³/mol. The predicted octanol–water partition coefficient (Wildman–Crippen LogP) is 2.01. The van der Waals surface area contributed by atoms with Crippen LogP contribution >= 0.6 is 0 Å². The molecule has 0 bridgehead atoms. The normalized spacial score (nSPS) is 13.6. The Bertz CT molecular complexity index is 756. The first-order valence-corrected chi connectivity index (χ1v) is 9.07. The summed E-state index contributed by atoms with van der Waals surface area (Å²) in [5.74, 6) is 0.521. The summed E-state index contributed by atoms with van der Waals surface area (Å²) >= 11 is 0. The minimum atomic E-state index is -1.01. The summed E-state index contributed by atoms with van der Waals surface area (Å²) in [7, 11) is 1.61. The maximum atomic E-state index is 11.6. The van der Waals surface area contributed by atoms with E-state index in [-0.39, 0.29) is 5.91 Å². The maximum Gasteiger partial charge on any atom is 0.251 e. The molecule has 6 nitrogen and oxygen atoms in total. The Morgan fingerprint density at radius 3 is 2.33 bits per heavy atom. The Balaban J connectivity index is 2.00. The Morgan fingerprint density at radius 1 is 1.07 bits per heavy atom. The summed E-state index contributed by atoms with van der Waals surface area (Å²) in [6, 6.07) is 16.9. The zero-order valence-corrected chi connectivity index (χ0v) is 16.1. The Kier molecular flexibility index (Phi) is 7.37. The highest BCUT2D eigenvalue weighted by molar-refractivity contribution is 5.93. The Morgan fingerprint density at radius 2 is 1.74 bits per heavy atom. The molecule has 0 aliphatic heterocycles. The molecule has 1 unspecified atom stereocenters. The van der Waals surface area contributed by atoms with Gasteiger partial charge in [-0.05, 0) is 37.1 Å². The van der Waals surface area contributed by atoms with Crippen LogP contribution in [0.2, 0.25) is 0 Å². The van der Waals surface area contributed by atoms with Crippen LogP contribution < -0.4 is 16.0 Å². The molecular weight excluding hydrogens is 340 g/mol. The van der Waals surface area contributed by atoms with E-state index in [0.29, 0.717) is 24.6 Å². The summed E-state index contributed by atoms with van der Waals surface area (Å²) in [5.41, 5.74) is 1.45. The fourth-order valence-electron chi connectivity index (χ4n) is 2.57. The van der Waals surface area contributed by atoms with E-state index in [1.807, 2.05) is 49.4 Å². The molecule has 0 saturated heterocycles. The monoisotopic (exact) mass is 368 g/mol. The van der Waals surface area contributed by atoms with Gasteiger partial charge < -0.3 is 21.1 Å². The number of amides is 1. The average molecular weight is 368 g/mol. The molecule has 144 valence electrons. The summed E-state index contributed by atoms with van der Waals surface area (Å²) in [6.45, 7) is 5.28. The topological polar surface area (TPSA) is 85.8 Å². The Hall–Kier alpha value is -2.86. The van der Waals surface area contributed by atoms with Gasteiger partial charge in [0.1, 0.15) is 5.60 Å². The molecule has 0 saturated carbocycles. The molecule has 0 aromatic heterocycles. The van der Waals surface area contributed by atoms with Gasteiger partial charge in [-0.3, -0.25) is 4.79 Å². The van der Waals surface area contributed by atoms with Crippen molar-refractivity contribution in [1.82, 2.24) is 16.0 Å². The van der Waals surface area contributed by atoms with Gasteiger partial charge >= 0.3 is 0 Å². The van der Waals surface area contributed by atoms with Crippen LogP contribution in [0, 0.1) is 0 Å². The van der Waals surface area contributed by atoms with Gasteiger partial charge in [-0.25, -0.2) is 4.99 Å². The van der Waals surface area contributed by atoms with Crippen LogP contribution in [-0.2, 0) is 12.1 Å². The molecule has 1 atom stereocenters. The van der Waals surface area contributed by atoms with Crippen molar-refractivity contribution in [3.8, 4) is 0 Å². The van der Waals surface area contributed by atoms with E-state index in [0.717, 1.165) is 17.7 Å². The van der Waals surface area contributed by atoms with Crippen molar-refractivity contribution >= 4 is 11.9 Å².